The maximum Gasteiger partial charge on any atom is 0.321 e. The molecule has 0 spiro atoms. The van der Waals surface area contributed by atoms with Gasteiger partial charge in [0.15, 0.2) is 0 Å². The Balaban J connectivity index is 1.49. The van der Waals surface area contributed by atoms with Crippen LogP contribution in [0.4, 0.5) is 10.5 Å². The first kappa shape index (κ1) is 15.7. The first-order valence-electron chi connectivity index (χ1n) is 8.54. The molecule has 2 aromatic rings. The standard InChI is InChI=1S/C19H21N3O3/c1-25-16-7-5-15(6-8-16)20-19(24)21-10-13-9-14(12-21)17-3-2-4-18(23)22(17)11-13/h2-8,13-14H,9-12H2,1H3,(H,20,24)/t13-,14+/m1/s1. The molecule has 130 valence electrons. The molecule has 6 nitrogen and oxygen atoms in total. The highest BCUT2D eigenvalue weighted by Crippen LogP contribution is 2.35. The van der Waals surface area contributed by atoms with Crippen molar-refractivity contribution in [1.29, 1.82) is 0 Å². The average Bonchev–Trinajstić information content (AvgIpc) is 2.63. The van der Waals surface area contributed by atoms with E-state index in [1.54, 1.807) is 13.2 Å². The van der Waals surface area contributed by atoms with Crippen molar-refractivity contribution in [2.75, 3.05) is 25.5 Å². The number of likely N-dealkylation sites (tertiary alicyclic amines) is 1. The first-order chi connectivity index (χ1) is 12.1. The van der Waals surface area contributed by atoms with E-state index in [2.05, 4.69) is 5.32 Å². The van der Waals surface area contributed by atoms with E-state index in [9.17, 15) is 9.59 Å². The van der Waals surface area contributed by atoms with E-state index in [0.29, 0.717) is 25.6 Å². The summed E-state index contributed by atoms with van der Waals surface area (Å²) in [5, 5.41) is 2.95. The molecule has 2 atom stereocenters. The number of anilines is 1. The number of amides is 2. The second-order valence-electron chi connectivity index (χ2n) is 6.76. The fourth-order valence-electron chi connectivity index (χ4n) is 3.94. The molecule has 1 N–H and O–H groups in total. The van der Waals surface area contributed by atoms with Crippen molar-refractivity contribution in [2.24, 2.45) is 5.92 Å². The lowest BCUT2D eigenvalue weighted by Gasteiger charge is -2.42. The number of methoxy groups -OCH3 is 1. The van der Waals surface area contributed by atoms with Gasteiger partial charge in [-0.15, -0.1) is 0 Å². The molecule has 4 rings (SSSR count). The number of carbonyl (C=O) groups is 1. The maximum absolute atomic E-state index is 12.6. The minimum Gasteiger partial charge on any atom is -0.497 e. The van der Waals surface area contributed by atoms with E-state index in [4.69, 9.17) is 4.74 Å². The Morgan fingerprint density at radius 2 is 1.92 bits per heavy atom. The number of aromatic nitrogens is 1. The van der Waals surface area contributed by atoms with Gasteiger partial charge in [0.05, 0.1) is 7.11 Å². The first-order valence-corrected chi connectivity index (χ1v) is 8.54. The lowest BCUT2D eigenvalue weighted by atomic mass is 9.83. The SMILES string of the molecule is COc1ccc(NC(=O)N2C[C@H]3C[C@@H](C2)c2cccc(=O)n2C3)cc1. The molecule has 0 aliphatic carbocycles. The van der Waals surface area contributed by atoms with Crippen molar-refractivity contribution < 1.29 is 9.53 Å². The molecule has 2 aliphatic rings. The molecule has 0 radical (unpaired) electrons. The fourth-order valence-corrected chi connectivity index (χ4v) is 3.94. The second-order valence-corrected chi connectivity index (χ2v) is 6.76. The normalized spacial score (nSPS) is 21.4. The third kappa shape index (κ3) is 2.99. The van der Waals surface area contributed by atoms with Crippen LogP contribution in [0.3, 0.4) is 0 Å². The van der Waals surface area contributed by atoms with Gasteiger partial charge in [-0.2, -0.15) is 0 Å². The Bertz CT molecular complexity index is 844. The van der Waals surface area contributed by atoms with Crippen molar-refractivity contribution in [3.63, 3.8) is 0 Å². The highest BCUT2D eigenvalue weighted by atomic mass is 16.5. The van der Waals surface area contributed by atoms with Crippen LogP contribution in [0, 0.1) is 5.92 Å². The van der Waals surface area contributed by atoms with Gasteiger partial charge in [0.1, 0.15) is 5.75 Å². The minimum absolute atomic E-state index is 0.0586. The molecule has 6 heteroatoms. The van der Waals surface area contributed by atoms with E-state index in [-0.39, 0.29) is 17.5 Å². The van der Waals surface area contributed by atoms with E-state index < -0.39 is 0 Å². The third-order valence-electron chi connectivity index (χ3n) is 5.11. The van der Waals surface area contributed by atoms with Crippen LogP contribution < -0.4 is 15.6 Å². The van der Waals surface area contributed by atoms with Gasteiger partial charge in [-0.3, -0.25) is 4.79 Å². The zero-order valence-electron chi connectivity index (χ0n) is 14.1. The number of fused-ring (bicyclic) bond motifs is 4. The molecule has 0 saturated carbocycles. The zero-order valence-corrected chi connectivity index (χ0v) is 14.1. The van der Waals surface area contributed by atoms with Crippen LogP contribution in [0.1, 0.15) is 18.0 Å². The summed E-state index contributed by atoms with van der Waals surface area (Å²) in [6, 6.07) is 12.6. The molecule has 3 heterocycles. The average molecular weight is 339 g/mol. The van der Waals surface area contributed by atoms with Crippen molar-refractivity contribution in [2.45, 2.75) is 18.9 Å². The number of pyridine rings is 1. The van der Waals surface area contributed by atoms with E-state index in [1.807, 2.05) is 45.9 Å². The molecule has 2 amide bonds. The largest absolute Gasteiger partial charge is 0.497 e. The Morgan fingerprint density at radius 1 is 1.12 bits per heavy atom. The summed E-state index contributed by atoms with van der Waals surface area (Å²) in [5.74, 6) is 1.31. The van der Waals surface area contributed by atoms with Crippen LogP contribution >= 0.6 is 0 Å². The molecular weight excluding hydrogens is 318 g/mol. The topological polar surface area (TPSA) is 63.6 Å². The number of ether oxygens (including phenoxy) is 1. The van der Waals surface area contributed by atoms with Crippen molar-refractivity contribution in [3.05, 3.63) is 58.5 Å². The number of hydrogen-bond donors (Lipinski definition) is 1. The van der Waals surface area contributed by atoms with Gasteiger partial charge in [-0.25, -0.2) is 4.79 Å². The van der Waals surface area contributed by atoms with Crippen molar-refractivity contribution in [1.82, 2.24) is 9.47 Å². The number of benzene rings is 1. The number of rotatable bonds is 2. The van der Waals surface area contributed by atoms with E-state index in [1.165, 1.54) is 0 Å². The number of urea groups is 1. The van der Waals surface area contributed by atoms with Gasteiger partial charge in [0.25, 0.3) is 5.56 Å². The number of nitrogens with one attached hydrogen (secondary N) is 1. The fraction of sp³-hybridized carbons (Fsp3) is 0.368. The summed E-state index contributed by atoms with van der Waals surface area (Å²) < 4.78 is 7.01. The monoisotopic (exact) mass is 339 g/mol. The van der Waals surface area contributed by atoms with Crippen LogP contribution in [-0.4, -0.2) is 35.7 Å². The molecule has 1 fully saturated rings. The molecule has 2 aliphatic heterocycles. The number of nitrogens with zero attached hydrogens (tertiary/aromatic N) is 2. The Hall–Kier alpha value is -2.76. The smallest absolute Gasteiger partial charge is 0.321 e. The summed E-state index contributed by atoms with van der Waals surface area (Å²) in [6.45, 7) is 2.01. The summed E-state index contributed by atoms with van der Waals surface area (Å²) in [7, 11) is 1.61. The molecule has 25 heavy (non-hydrogen) atoms. The maximum atomic E-state index is 12.6. The van der Waals surface area contributed by atoms with Gasteiger partial charge in [0.2, 0.25) is 0 Å². The summed E-state index contributed by atoms with van der Waals surface area (Å²) in [4.78, 5) is 26.6. The number of hydrogen-bond acceptors (Lipinski definition) is 3. The number of carbonyl (C=O) groups excluding carboxylic acids is 1. The Kier molecular flexibility index (Phi) is 3.95. The lowest BCUT2D eigenvalue weighted by Crippen LogP contribution is -2.50. The van der Waals surface area contributed by atoms with Crippen LogP contribution in [-0.2, 0) is 6.54 Å². The Morgan fingerprint density at radius 3 is 2.68 bits per heavy atom. The molecule has 2 bridgehead atoms. The van der Waals surface area contributed by atoms with Crippen LogP contribution in [0.25, 0.3) is 0 Å². The van der Waals surface area contributed by atoms with Crippen molar-refractivity contribution >= 4 is 11.7 Å². The van der Waals surface area contributed by atoms with Gasteiger partial charge in [-0.1, -0.05) is 6.07 Å². The summed E-state index contributed by atoms with van der Waals surface area (Å²) in [6.07, 6.45) is 1.04. The van der Waals surface area contributed by atoms with Gasteiger partial charge >= 0.3 is 6.03 Å². The minimum atomic E-state index is -0.0911. The van der Waals surface area contributed by atoms with Gasteiger partial charge in [0, 0.05) is 43.0 Å². The summed E-state index contributed by atoms with van der Waals surface area (Å²) >= 11 is 0. The molecule has 1 aromatic carbocycles. The second kappa shape index (κ2) is 6.27. The number of piperidine rings is 1. The van der Waals surface area contributed by atoms with Gasteiger partial charge < -0.3 is 19.5 Å². The predicted octanol–water partition coefficient (Wildman–Crippen LogP) is 2.51. The molecule has 1 saturated heterocycles. The van der Waals surface area contributed by atoms with E-state index >= 15 is 0 Å². The molecular formula is C19H21N3O3. The predicted molar refractivity (Wildman–Crippen MR) is 95.1 cm³/mol. The van der Waals surface area contributed by atoms with Gasteiger partial charge in [-0.05, 0) is 42.7 Å². The molecule has 1 aromatic heterocycles. The Labute approximate surface area is 146 Å². The van der Waals surface area contributed by atoms with Crippen LogP contribution in [0.5, 0.6) is 5.75 Å². The summed E-state index contributed by atoms with van der Waals surface area (Å²) in [5.41, 5.74) is 1.85. The third-order valence-corrected chi connectivity index (χ3v) is 5.11. The quantitative estimate of drug-likeness (QED) is 0.914. The van der Waals surface area contributed by atoms with E-state index in [0.717, 1.165) is 23.6 Å². The molecule has 0 unspecified atom stereocenters. The highest BCUT2D eigenvalue weighted by molar-refractivity contribution is 5.89. The lowest BCUT2D eigenvalue weighted by molar-refractivity contribution is 0.139. The van der Waals surface area contributed by atoms with Crippen LogP contribution in [0.2, 0.25) is 0 Å². The highest BCUT2D eigenvalue weighted by Gasteiger charge is 2.36. The van der Waals surface area contributed by atoms with Crippen LogP contribution in [0.15, 0.2) is 47.3 Å². The zero-order chi connectivity index (χ0) is 17.4. The van der Waals surface area contributed by atoms with Crippen molar-refractivity contribution in [3.8, 4) is 5.75 Å².